The number of hydrogen-bond donors (Lipinski definition) is 0. The van der Waals surface area contributed by atoms with Gasteiger partial charge >= 0.3 is 0 Å². The molecule has 0 aromatic carbocycles. The molecule has 0 bridgehead atoms. The highest BCUT2D eigenvalue weighted by molar-refractivity contribution is 6.90. The first kappa shape index (κ1) is 17.4. The van der Waals surface area contributed by atoms with E-state index in [0.717, 1.165) is 5.76 Å². The molecule has 0 N–H and O–H groups in total. The van der Waals surface area contributed by atoms with Gasteiger partial charge in [0.05, 0.1) is 6.26 Å². The summed E-state index contributed by atoms with van der Waals surface area (Å²) in [5.41, 5.74) is 6.05. The monoisotopic (exact) mass is 316 g/mol. The summed E-state index contributed by atoms with van der Waals surface area (Å²) >= 11 is 0. The van der Waals surface area contributed by atoms with Gasteiger partial charge in [-0.05, 0) is 41.6 Å². The highest BCUT2D eigenvalue weighted by Gasteiger charge is 2.42. The SMILES string of the molecule is CC(C)[Si](C#C[C@@H]1CCC[C@H]1c1ccco1)(C(C)C)C(C)C. The predicted octanol–water partition coefficient (Wildman–Crippen LogP) is 6.38. The molecule has 2 atom stereocenters. The van der Waals surface area contributed by atoms with Gasteiger partial charge in [0.25, 0.3) is 0 Å². The molecule has 1 heterocycles. The van der Waals surface area contributed by atoms with Crippen LogP contribution in [0.5, 0.6) is 0 Å². The minimum Gasteiger partial charge on any atom is -0.469 e. The summed E-state index contributed by atoms with van der Waals surface area (Å²) in [6, 6.07) is 4.14. The fourth-order valence-electron chi connectivity index (χ4n) is 4.63. The van der Waals surface area contributed by atoms with Crippen molar-refractivity contribution in [1.82, 2.24) is 0 Å². The van der Waals surface area contributed by atoms with E-state index in [1.165, 1.54) is 19.3 Å². The van der Waals surface area contributed by atoms with Crippen molar-refractivity contribution in [1.29, 1.82) is 0 Å². The van der Waals surface area contributed by atoms with Crippen LogP contribution in [0.3, 0.4) is 0 Å². The molecule has 0 aliphatic heterocycles. The van der Waals surface area contributed by atoms with Gasteiger partial charge in [0.1, 0.15) is 13.8 Å². The summed E-state index contributed by atoms with van der Waals surface area (Å²) in [5.74, 6) is 5.91. The smallest absolute Gasteiger partial charge is 0.145 e. The van der Waals surface area contributed by atoms with Gasteiger partial charge in [-0.15, -0.1) is 11.5 Å². The lowest BCUT2D eigenvalue weighted by Crippen LogP contribution is -2.43. The molecular weight excluding hydrogens is 284 g/mol. The average Bonchev–Trinajstić information content (AvgIpc) is 3.08. The molecule has 1 fully saturated rings. The Morgan fingerprint density at radius 1 is 1.05 bits per heavy atom. The lowest BCUT2D eigenvalue weighted by atomic mass is 9.95. The maximum absolute atomic E-state index is 5.67. The molecule has 0 radical (unpaired) electrons. The van der Waals surface area contributed by atoms with Crippen LogP contribution in [-0.2, 0) is 0 Å². The minimum absolute atomic E-state index is 0.495. The second kappa shape index (κ2) is 7.09. The largest absolute Gasteiger partial charge is 0.469 e. The van der Waals surface area contributed by atoms with Crippen molar-refractivity contribution in [3.8, 4) is 11.5 Å². The van der Waals surface area contributed by atoms with E-state index in [0.29, 0.717) is 28.5 Å². The van der Waals surface area contributed by atoms with Crippen LogP contribution in [0, 0.1) is 17.4 Å². The zero-order valence-electron chi connectivity index (χ0n) is 15.1. The lowest BCUT2D eigenvalue weighted by molar-refractivity contribution is 0.438. The quantitative estimate of drug-likeness (QED) is 0.463. The van der Waals surface area contributed by atoms with E-state index in [-0.39, 0.29) is 0 Å². The normalized spacial score (nSPS) is 22.4. The second-order valence-electron chi connectivity index (χ2n) is 7.83. The van der Waals surface area contributed by atoms with Crippen LogP contribution in [0.4, 0.5) is 0 Å². The molecule has 1 aliphatic rings. The Kier molecular flexibility index (Phi) is 5.61. The minimum atomic E-state index is -1.60. The molecule has 1 aromatic heterocycles. The van der Waals surface area contributed by atoms with Crippen LogP contribution in [-0.4, -0.2) is 8.07 Å². The Balaban J connectivity index is 2.29. The molecule has 1 aromatic rings. The van der Waals surface area contributed by atoms with E-state index in [1.807, 2.05) is 6.07 Å². The average molecular weight is 317 g/mol. The molecule has 2 rings (SSSR count). The second-order valence-corrected chi connectivity index (χ2v) is 13.4. The molecule has 0 saturated heterocycles. The van der Waals surface area contributed by atoms with Gasteiger partial charge in [-0.25, -0.2) is 0 Å². The summed E-state index contributed by atoms with van der Waals surface area (Å²) in [6.07, 6.45) is 5.54. The topological polar surface area (TPSA) is 13.1 Å². The van der Waals surface area contributed by atoms with E-state index >= 15 is 0 Å². The highest BCUT2D eigenvalue weighted by atomic mass is 28.3. The molecule has 1 nitrogen and oxygen atoms in total. The number of hydrogen-bond acceptors (Lipinski definition) is 1. The molecule has 22 heavy (non-hydrogen) atoms. The first-order valence-corrected chi connectivity index (χ1v) is 11.2. The van der Waals surface area contributed by atoms with Crippen LogP contribution in [0.2, 0.25) is 16.6 Å². The molecule has 0 unspecified atom stereocenters. The van der Waals surface area contributed by atoms with Gasteiger partial charge in [-0.2, -0.15) is 0 Å². The molecule has 2 heteroatoms. The van der Waals surface area contributed by atoms with Crippen LogP contribution in [0.15, 0.2) is 22.8 Å². The first-order valence-electron chi connectivity index (χ1n) is 8.95. The van der Waals surface area contributed by atoms with Crippen LogP contribution in [0.1, 0.15) is 72.5 Å². The Bertz CT molecular complexity index is 494. The Morgan fingerprint density at radius 2 is 1.68 bits per heavy atom. The zero-order valence-corrected chi connectivity index (χ0v) is 16.1. The van der Waals surface area contributed by atoms with E-state index < -0.39 is 8.07 Å². The molecule has 1 saturated carbocycles. The number of furan rings is 1. The Labute approximate surface area is 137 Å². The highest BCUT2D eigenvalue weighted by Crippen LogP contribution is 2.43. The van der Waals surface area contributed by atoms with E-state index in [2.05, 4.69) is 59.1 Å². The summed E-state index contributed by atoms with van der Waals surface area (Å²) < 4.78 is 5.67. The van der Waals surface area contributed by atoms with Crippen molar-refractivity contribution < 1.29 is 4.42 Å². The summed E-state index contributed by atoms with van der Waals surface area (Å²) in [7, 11) is -1.60. The third kappa shape index (κ3) is 3.20. The number of rotatable bonds is 4. The van der Waals surface area contributed by atoms with Crippen molar-refractivity contribution >= 4 is 8.07 Å². The van der Waals surface area contributed by atoms with Crippen molar-refractivity contribution in [2.24, 2.45) is 5.92 Å². The van der Waals surface area contributed by atoms with E-state index in [1.54, 1.807) is 6.26 Å². The van der Waals surface area contributed by atoms with Crippen LogP contribution < -0.4 is 0 Å². The Hall–Kier alpha value is -0.943. The Morgan fingerprint density at radius 3 is 2.18 bits per heavy atom. The molecular formula is C20H32OSi. The van der Waals surface area contributed by atoms with Crippen LogP contribution >= 0.6 is 0 Å². The van der Waals surface area contributed by atoms with E-state index in [4.69, 9.17) is 4.42 Å². The van der Waals surface area contributed by atoms with Crippen molar-refractivity contribution in [2.75, 3.05) is 0 Å². The zero-order chi connectivity index (χ0) is 16.3. The van der Waals surface area contributed by atoms with Crippen LogP contribution in [0.25, 0.3) is 0 Å². The van der Waals surface area contributed by atoms with Crippen molar-refractivity contribution in [2.45, 2.75) is 83.3 Å². The fraction of sp³-hybridized carbons (Fsp3) is 0.700. The maximum Gasteiger partial charge on any atom is 0.145 e. The van der Waals surface area contributed by atoms with Gasteiger partial charge in [0, 0.05) is 11.8 Å². The van der Waals surface area contributed by atoms with Crippen molar-refractivity contribution in [3.05, 3.63) is 24.2 Å². The molecule has 0 spiro atoms. The van der Waals surface area contributed by atoms with Gasteiger partial charge in [-0.1, -0.05) is 48.0 Å². The predicted molar refractivity (Wildman–Crippen MR) is 97.6 cm³/mol. The van der Waals surface area contributed by atoms with Gasteiger partial charge in [0.15, 0.2) is 0 Å². The van der Waals surface area contributed by atoms with Gasteiger partial charge in [0.2, 0.25) is 0 Å². The summed E-state index contributed by atoms with van der Waals surface area (Å²) in [4.78, 5) is 0. The van der Waals surface area contributed by atoms with Gasteiger partial charge in [-0.3, -0.25) is 0 Å². The van der Waals surface area contributed by atoms with E-state index in [9.17, 15) is 0 Å². The third-order valence-corrected chi connectivity index (χ3v) is 12.1. The van der Waals surface area contributed by atoms with Crippen molar-refractivity contribution in [3.63, 3.8) is 0 Å². The standard InChI is InChI=1S/C20H32OSi/c1-15(2)22(16(3)4,17(5)6)14-12-18-9-7-10-19(18)20-11-8-13-21-20/h8,11,13,15-19H,7,9-10H2,1-6H3/t18-,19+/m0/s1. The molecule has 122 valence electrons. The summed E-state index contributed by atoms with van der Waals surface area (Å²) in [5, 5.41) is 0. The molecule has 1 aliphatic carbocycles. The first-order chi connectivity index (χ1) is 10.4. The summed E-state index contributed by atoms with van der Waals surface area (Å²) in [6.45, 7) is 14.3. The fourth-order valence-corrected chi connectivity index (χ4v) is 9.93. The molecule has 0 amide bonds. The maximum atomic E-state index is 5.67. The third-order valence-electron chi connectivity index (χ3n) is 5.76. The lowest BCUT2D eigenvalue weighted by Gasteiger charge is -2.38. The van der Waals surface area contributed by atoms with Gasteiger partial charge < -0.3 is 4.42 Å².